The van der Waals surface area contributed by atoms with E-state index in [1.165, 1.54) is 4.90 Å². The number of ether oxygens (including phenoxy) is 1. The van der Waals surface area contributed by atoms with Crippen LogP contribution in [0.2, 0.25) is 13.1 Å². The maximum Gasteiger partial charge on any atom is 0.412 e. The molecule has 8 nitrogen and oxygen atoms in total. The smallest absolute Gasteiger partial charge is 0.412 e. The number of amides is 1. The number of rotatable bonds is 5. The van der Waals surface area contributed by atoms with Crippen LogP contribution in [0.25, 0.3) is 0 Å². The first-order valence-electron chi connectivity index (χ1n) is 9.07. The van der Waals surface area contributed by atoms with Crippen molar-refractivity contribution in [2.75, 3.05) is 13.1 Å². The van der Waals surface area contributed by atoms with Crippen LogP contribution >= 0.6 is 0 Å². The number of hydrogen-bond donors (Lipinski definition) is 1. The monoisotopic (exact) mass is 390 g/mol. The van der Waals surface area contributed by atoms with E-state index in [0.29, 0.717) is 13.0 Å². The Hall–Kier alpha value is -1.19. The van der Waals surface area contributed by atoms with E-state index < -0.39 is 44.0 Å². The zero-order valence-electron chi connectivity index (χ0n) is 17.2. The number of aliphatic hydroxyl groups excluding tert-OH is 1. The molecule has 1 heterocycles. The second-order valence-corrected chi connectivity index (χ2v) is 11.7. The van der Waals surface area contributed by atoms with Crippen LogP contribution in [0.5, 0.6) is 0 Å². The first kappa shape index (κ1) is 22.8. The van der Waals surface area contributed by atoms with Crippen molar-refractivity contribution in [3.8, 4) is 0 Å². The van der Waals surface area contributed by atoms with Crippen LogP contribution in [0.15, 0.2) is 0 Å². The molecule has 26 heavy (non-hydrogen) atoms. The third-order valence-corrected chi connectivity index (χ3v) is 5.40. The molecule has 1 N–H and O–H groups in total. The Balaban J connectivity index is 3.35. The largest absolute Gasteiger partial charge is 0.444 e. The van der Waals surface area contributed by atoms with E-state index in [2.05, 4.69) is 0 Å². The van der Waals surface area contributed by atoms with E-state index >= 15 is 0 Å². The number of nitro groups is 1. The van der Waals surface area contributed by atoms with Gasteiger partial charge < -0.3 is 14.3 Å². The van der Waals surface area contributed by atoms with Gasteiger partial charge in [-0.1, -0.05) is 20.8 Å². The molecule has 0 aromatic heterocycles. The van der Waals surface area contributed by atoms with Gasteiger partial charge in [0, 0.05) is 17.9 Å². The topological polar surface area (TPSA) is 102 Å². The average molecular weight is 391 g/mol. The Morgan fingerprint density at radius 3 is 2.27 bits per heavy atom. The van der Waals surface area contributed by atoms with Gasteiger partial charge in [0.15, 0.2) is 20.9 Å². The molecule has 1 rings (SSSR count). The van der Waals surface area contributed by atoms with E-state index in [9.17, 15) is 20.0 Å². The minimum absolute atomic E-state index is 0.0178. The van der Waals surface area contributed by atoms with Gasteiger partial charge in [-0.3, -0.25) is 15.0 Å². The van der Waals surface area contributed by atoms with Gasteiger partial charge in [0.25, 0.3) is 0 Å². The first-order chi connectivity index (χ1) is 11.6. The highest BCUT2D eigenvalue weighted by atomic mass is 28.3. The second kappa shape index (κ2) is 7.81. The van der Waals surface area contributed by atoms with Crippen LogP contribution in [0.3, 0.4) is 0 Å². The Bertz CT molecular complexity index is 528. The molecular formula is C17H34N2O6Si. The molecule has 1 amide bonds. The van der Waals surface area contributed by atoms with Gasteiger partial charge in [-0.15, -0.1) is 0 Å². The molecule has 0 radical (unpaired) electrons. The van der Waals surface area contributed by atoms with Crippen molar-refractivity contribution < 1.29 is 24.0 Å². The van der Waals surface area contributed by atoms with Crippen LogP contribution < -0.4 is 0 Å². The minimum atomic E-state index is -1.74. The predicted molar refractivity (Wildman–Crippen MR) is 101 cm³/mol. The Morgan fingerprint density at radius 2 is 1.88 bits per heavy atom. The Kier molecular flexibility index (Phi) is 6.87. The standard InChI is InChI=1S/C17H34N2O6Si/c1-15(2,3)12-9-17(25-26(7)8,13(20)11-19(22)23)18(10-12)14(21)24-16(4,5)6/h12-13,20,26H,9-11H2,1-8H3/t12-,13?,17-/m0/s1. The fourth-order valence-electron chi connectivity index (χ4n) is 3.23. The summed E-state index contributed by atoms with van der Waals surface area (Å²) in [6.45, 7) is 14.9. The van der Waals surface area contributed by atoms with Crippen molar-refractivity contribution in [3.63, 3.8) is 0 Å². The van der Waals surface area contributed by atoms with Gasteiger partial charge in [-0.2, -0.15) is 0 Å². The maximum atomic E-state index is 12.9. The SMILES string of the molecule is C[SiH](C)O[C@]1(C(O)C[N+](=O)[O-])C[C@H](C(C)(C)C)CN1C(=O)OC(C)(C)C. The fraction of sp³-hybridized carbons (Fsp3) is 0.941. The second-order valence-electron chi connectivity index (χ2n) is 9.40. The molecule has 1 fully saturated rings. The number of nitrogens with zero attached hydrogens (tertiary/aromatic N) is 2. The van der Waals surface area contributed by atoms with Gasteiger partial charge in [0.1, 0.15) is 5.60 Å². The van der Waals surface area contributed by atoms with E-state index in [4.69, 9.17) is 9.16 Å². The molecule has 1 aliphatic heterocycles. The van der Waals surface area contributed by atoms with E-state index in [0.717, 1.165) is 0 Å². The third-order valence-electron chi connectivity index (χ3n) is 4.52. The summed E-state index contributed by atoms with van der Waals surface area (Å²) in [6.07, 6.45) is -1.69. The molecule has 152 valence electrons. The lowest BCUT2D eigenvalue weighted by atomic mass is 9.78. The zero-order valence-corrected chi connectivity index (χ0v) is 18.4. The van der Waals surface area contributed by atoms with Crippen molar-refractivity contribution in [1.82, 2.24) is 4.90 Å². The lowest BCUT2D eigenvalue weighted by molar-refractivity contribution is -0.496. The highest BCUT2D eigenvalue weighted by Crippen LogP contribution is 2.45. The lowest BCUT2D eigenvalue weighted by Gasteiger charge is -2.42. The molecule has 9 heteroatoms. The van der Waals surface area contributed by atoms with E-state index in [1.54, 1.807) is 20.8 Å². The minimum Gasteiger partial charge on any atom is -0.444 e. The summed E-state index contributed by atoms with van der Waals surface area (Å²) in [5.74, 6) is 0.0178. The van der Waals surface area contributed by atoms with Gasteiger partial charge in [-0.25, -0.2) is 4.79 Å². The molecule has 0 bridgehead atoms. The molecule has 3 atom stereocenters. The molecular weight excluding hydrogens is 356 g/mol. The summed E-state index contributed by atoms with van der Waals surface area (Å²) in [7, 11) is -1.74. The van der Waals surface area contributed by atoms with Crippen LogP contribution in [-0.2, 0) is 9.16 Å². The molecule has 0 aliphatic carbocycles. The third kappa shape index (κ3) is 5.65. The normalized spacial score (nSPS) is 25.5. The summed E-state index contributed by atoms with van der Waals surface area (Å²) in [6, 6.07) is 0. The van der Waals surface area contributed by atoms with E-state index in [1.807, 2.05) is 33.9 Å². The van der Waals surface area contributed by atoms with Crippen molar-refractivity contribution in [2.45, 2.75) is 78.5 Å². The van der Waals surface area contributed by atoms with Crippen LogP contribution in [-0.4, -0.2) is 60.6 Å². The first-order valence-corrected chi connectivity index (χ1v) is 11.8. The van der Waals surface area contributed by atoms with Crippen molar-refractivity contribution in [3.05, 3.63) is 10.1 Å². The molecule has 0 aromatic rings. The summed E-state index contributed by atoms with van der Waals surface area (Å²) in [5, 5.41) is 21.8. The Labute approximate surface area is 157 Å². The van der Waals surface area contributed by atoms with Crippen molar-refractivity contribution in [1.29, 1.82) is 0 Å². The molecule has 1 saturated heterocycles. The van der Waals surface area contributed by atoms with Gasteiger partial charge in [0.2, 0.25) is 6.54 Å². The summed E-state index contributed by atoms with van der Waals surface area (Å²) in [4.78, 5) is 24.7. The summed E-state index contributed by atoms with van der Waals surface area (Å²) < 4.78 is 11.7. The number of likely N-dealkylation sites (tertiary alicyclic amines) is 1. The fourth-order valence-corrected chi connectivity index (χ4v) is 4.42. The number of hydrogen-bond acceptors (Lipinski definition) is 6. The lowest BCUT2D eigenvalue weighted by Crippen LogP contribution is -2.61. The van der Waals surface area contributed by atoms with Crippen LogP contribution in [0.1, 0.15) is 48.0 Å². The molecule has 0 aromatic carbocycles. The Morgan fingerprint density at radius 1 is 1.35 bits per heavy atom. The van der Waals surface area contributed by atoms with Crippen molar-refractivity contribution in [2.24, 2.45) is 11.3 Å². The number of aliphatic hydroxyl groups is 1. The van der Waals surface area contributed by atoms with Gasteiger partial charge in [0.05, 0.1) is 0 Å². The predicted octanol–water partition coefficient (Wildman–Crippen LogP) is 2.62. The molecule has 1 aliphatic rings. The average Bonchev–Trinajstić information content (AvgIpc) is 2.75. The highest BCUT2D eigenvalue weighted by molar-refractivity contribution is 6.48. The van der Waals surface area contributed by atoms with E-state index in [-0.39, 0.29) is 11.3 Å². The van der Waals surface area contributed by atoms with Crippen LogP contribution in [0, 0.1) is 21.4 Å². The summed E-state index contributed by atoms with van der Waals surface area (Å²) >= 11 is 0. The molecule has 0 saturated carbocycles. The van der Waals surface area contributed by atoms with Crippen molar-refractivity contribution >= 4 is 15.1 Å². The highest BCUT2D eigenvalue weighted by Gasteiger charge is 2.58. The molecule has 0 spiro atoms. The number of carbonyl (C=O) groups is 1. The van der Waals surface area contributed by atoms with Gasteiger partial charge in [-0.05, 0) is 45.2 Å². The number of carbonyl (C=O) groups excluding carboxylic acids is 1. The summed E-state index contributed by atoms with van der Waals surface area (Å²) in [5.41, 5.74) is -2.29. The zero-order chi connectivity index (χ0) is 20.5. The van der Waals surface area contributed by atoms with Crippen LogP contribution in [0.4, 0.5) is 4.79 Å². The van der Waals surface area contributed by atoms with Gasteiger partial charge >= 0.3 is 6.09 Å². The molecule has 1 unspecified atom stereocenters. The quantitative estimate of drug-likeness (QED) is 0.440. The maximum absolute atomic E-state index is 12.9.